The van der Waals surface area contributed by atoms with Crippen LogP contribution < -0.4 is 11.1 Å². The van der Waals surface area contributed by atoms with Crippen LogP contribution in [-0.2, 0) is 9.59 Å². The Labute approximate surface area is 199 Å². The van der Waals surface area contributed by atoms with Crippen molar-refractivity contribution in [3.8, 4) is 0 Å². The van der Waals surface area contributed by atoms with Crippen LogP contribution in [0.15, 0.2) is 16.3 Å². The summed E-state index contributed by atoms with van der Waals surface area (Å²) in [6.07, 6.45) is 4.49. The fourth-order valence-corrected chi connectivity index (χ4v) is 4.47. The number of halogens is 1. The summed E-state index contributed by atoms with van der Waals surface area (Å²) in [6, 6.07) is 0.405. The fourth-order valence-electron chi connectivity index (χ4n) is 4.47. The lowest BCUT2D eigenvalue weighted by Gasteiger charge is -2.32. The van der Waals surface area contributed by atoms with E-state index < -0.39 is 6.17 Å². The van der Waals surface area contributed by atoms with E-state index in [0.29, 0.717) is 55.7 Å². The third kappa shape index (κ3) is 8.09. The smallest absolute Gasteiger partial charge is 0.270 e. The zero-order valence-electron chi connectivity index (χ0n) is 21.0. The Balaban J connectivity index is 2.12. The molecule has 2 atom stereocenters. The molecule has 1 saturated heterocycles. The summed E-state index contributed by atoms with van der Waals surface area (Å²) in [4.78, 5) is 34.1. The molecule has 3 N–H and O–H groups in total. The number of nitrogens with two attached hydrogens (primary N) is 1. The van der Waals surface area contributed by atoms with Gasteiger partial charge in [0.05, 0.1) is 0 Å². The minimum absolute atomic E-state index is 0.0192. The molecule has 0 aromatic heterocycles. The number of piperidine rings is 1. The Hall–Kier alpha value is -1.96. The molecule has 7 nitrogen and oxygen atoms in total. The van der Waals surface area contributed by atoms with Crippen LogP contribution >= 0.6 is 0 Å². The van der Waals surface area contributed by atoms with Gasteiger partial charge in [0.2, 0.25) is 5.91 Å². The molecule has 0 aromatic carbocycles. The summed E-state index contributed by atoms with van der Waals surface area (Å²) in [5.74, 6) is 0.309. The summed E-state index contributed by atoms with van der Waals surface area (Å²) in [7, 11) is 1.93. The molecule has 1 heterocycles. The zero-order valence-corrected chi connectivity index (χ0v) is 21.0. The van der Waals surface area contributed by atoms with Crippen LogP contribution in [0.5, 0.6) is 0 Å². The van der Waals surface area contributed by atoms with Gasteiger partial charge in [-0.15, -0.1) is 0 Å². The quantitative estimate of drug-likeness (QED) is 0.485. The van der Waals surface area contributed by atoms with Crippen LogP contribution in [0.25, 0.3) is 0 Å². The Morgan fingerprint density at radius 1 is 1.24 bits per heavy atom. The summed E-state index contributed by atoms with van der Waals surface area (Å²) < 4.78 is 14.3. The van der Waals surface area contributed by atoms with Gasteiger partial charge < -0.3 is 20.9 Å². The lowest BCUT2D eigenvalue weighted by molar-refractivity contribution is -0.130. The molecule has 33 heavy (non-hydrogen) atoms. The number of carbonyl (C=O) groups excluding carboxylic acids is 2. The average molecular weight is 466 g/mol. The summed E-state index contributed by atoms with van der Waals surface area (Å²) in [6.45, 7) is 9.13. The molecule has 2 amide bonds. The van der Waals surface area contributed by atoms with Crippen molar-refractivity contribution in [2.45, 2.75) is 84.4 Å². The molecule has 8 heteroatoms. The molecular weight excluding hydrogens is 421 g/mol. The van der Waals surface area contributed by atoms with E-state index in [9.17, 15) is 14.0 Å². The first-order chi connectivity index (χ1) is 15.8. The number of nitrogens with one attached hydrogen (secondary N) is 1. The van der Waals surface area contributed by atoms with Gasteiger partial charge in [-0.1, -0.05) is 27.2 Å². The topological polar surface area (TPSA) is 91.0 Å². The van der Waals surface area contributed by atoms with Crippen molar-refractivity contribution < 1.29 is 14.0 Å². The van der Waals surface area contributed by atoms with Crippen LogP contribution in [-0.4, -0.2) is 79.3 Å². The summed E-state index contributed by atoms with van der Waals surface area (Å²) in [5, 5.41) is 3.25. The predicted molar refractivity (Wildman–Crippen MR) is 132 cm³/mol. The van der Waals surface area contributed by atoms with E-state index in [1.54, 1.807) is 4.90 Å². The van der Waals surface area contributed by atoms with Crippen LogP contribution in [0.2, 0.25) is 0 Å². The van der Waals surface area contributed by atoms with Gasteiger partial charge in [-0.2, -0.15) is 0 Å². The van der Waals surface area contributed by atoms with E-state index in [4.69, 9.17) is 5.73 Å². The van der Waals surface area contributed by atoms with Crippen molar-refractivity contribution in [2.24, 2.45) is 16.6 Å². The number of allylic oxidation sites excluding steroid dienone is 1. The Kier molecular flexibility index (Phi) is 11.3. The number of likely N-dealkylation sites (tertiary alicyclic amines) is 1. The second-order valence-corrected chi connectivity index (χ2v) is 9.53. The summed E-state index contributed by atoms with van der Waals surface area (Å²) >= 11 is 0. The van der Waals surface area contributed by atoms with Crippen LogP contribution in [0.1, 0.15) is 72.1 Å². The lowest BCUT2D eigenvalue weighted by atomic mass is 9.89. The molecule has 0 spiro atoms. The maximum Gasteiger partial charge on any atom is 0.270 e. The molecule has 2 fully saturated rings. The normalized spacial score (nSPS) is 23.5. The SMILES string of the molecule is CCCN(CCC(C)CC)C(=O)CN=C1CCC(F)CC1=C(N)C(=O)N1CCC(NC)CC1. The van der Waals surface area contributed by atoms with Gasteiger partial charge in [-0.3, -0.25) is 14.6 Å². The molecule has 2 rings (SSSR count). The molecule has 1 saturated carbocycles. The number of alkyl halides is 1. The standard InChI is InChI=1S/C25H44FN5O2/c1-5-12-30(13-9-18(3)6-2)23(32)17-29-22-8-7-19(26)16-21(22)24(27)25(33)31-14-10-20(28-4)11-15-31/h18-20,28H,5-17,27H2,1-4H3. The molecule has 2 aliphatic rings. The van der Waals surface area contributed by atoms with Crippen molar-refractivity contribution >= 4 is 17.5 Å². The Bertz CT molecular complexity index is 716. The Morgan fingerprint density at radius 2 is 1.94 bits per heavy atom. The average Bonchev–Trinajstić information content (AvgIpc) is 2.84. The second kappa shape index (κ2) is 13.7. The van der Waals surface area contributed by atoms with E-state index in [2.05, 4.69) is 31.1 Å². The third-order valence-corrected chi connectivity index (χ3v) is 7.05. The van der Waals surface area contributed by atoms with Crippen molar-refractivity contribution in [3.05, 3.63) is 11.3 Å². The number of hydrogen-bond acceptors (Lipinski definition) is 5. The van der Waals surface area contributed by atoms with E-state index >= 15 is 0 Å². The first-order valence-electron chi connectivity index (χ1n) is 12.7. The molecule has 0 radical (unpaired) electrons. The monoisotopic (exact) mass is 465 g/mol. The van der Waals surface area contributed by atoms with E-state index in [1.807, 2.05) is 11.9 Å². The van der Waals surface area contributed by atoms with E-state index in [0.717, 1.165) is 38.6 Å². The Morgan fingerprint density at radius 3 is 2.55 bits per heavy atom. The minimum atomic E-state index is -1.04. The van der Waals surface area contributed by atoms with Crippen LogP contribution in [0.3, 0.4) is 0 Å². The van der Waals surface area contributed by atoms with Gasteiger partial charge in [0.15, 0.2) is 0 Å². The lowest BCUT2D eigenvalue weighted by Crippen LogP contribution is -2.46. The number of nitrogens with zero attached hydrogens (tertiary/aromatic N) is 3. The molecular formula is C25H44FN5O2. The highest BCUT2D eigenvalue weighted by Crippen LogP contribution is 2.27. The second-order valence-electron chi connectivity index (χ2n) is 9.53. The molecule has 0 bridgehead atoms. The predicted octanol–water partition coefficient (Wildman–Crippen LogP) is 3.05. The van der Waals surface area contributed by atoms with Gasteiger partial charge in [-0.05, 0) is 51.5 Å². The number of amides is 2. The number of rotatable bonds is 10. The van der Waals surface area contributed by atoms with Crippen molar-refractivity contribution in [1.29, 1.82) is 0 Å². The largest absolute Gasteiger partial charge is 0.394 e. The van der Waals surface area contributed by atoms with Gasteiger partial charge in [-0.25, -0.2) is 4.39 Å². The zero-order chi connectivity index (χ0) is 24.4. The third-order valence-electron chi connectivity index (χ3n) is 7.05. The van der Waals surface area contributed by atoms with Gasteiger partial charge in [0.1, 0.15) is 18.4 Å². The van der Waals surface area contributed by atoms with Crippen molar-refractivity contribution in [3.63, 3.8) is 0 Å². The highest BCUT2D eigenvalue weighted by molar-refractivity contribution is 6.08. The minimum Gasteiger partial charge on any atom is -0.394 e. The first-order valence-corrected chi connectivity index (χ1v) is 12.7. The molecule has 0 aromatic rings. The first kappa shape index (κ1) is 27.3. The van der Waals surface area contributed by atoms with Gasteiger partial charge >= 0.3 is 0 Å². The molecule has 2 unspecified atom stereocenters. The van der Waals surface area contributed by atoms with E-state index in [1.165, 1.54) is 0 Å². The molecule has 1 aliphatic carbocycles. The summed E-state index contributed by atoms with van der Waals surface area (Å²) in [5.41, 5.74) is 7.48. The van der Waals surface area contributed by atoms with Crippen LogP contribution in [0.4, 0.5) is 4.39 Å². The molecule has 188 valence electrons. The number of hydrogen-bond donors (Lipinski definition) is 2. The fraction of sp³-hybridized carbons (Fsp3) is 0.800. The molecule has 1 aliphatic heterocycles. The van der Waals surface area contributed by atoms with Crippen molar-refractivity contribution in [1.82, 2.24) is 15.1 Å². The van der Waals surface area contributed by atoms with E-state index in [-0.39, 0.29) is 30.5 Å². The van der Waals surface area contributed by atoms with Crippen LogP contribution in [0, 0.1) is 5.92 Å². The van der Waals surface area contributed by atoms with Gasteiger partial charge in [0, 0.05) is 49.9 Å². The number of carbonyl (C=O) groups is 2. The van der Waals surface area contributed by atoms with Gasteiger partial charge in [0.25, 0.3) is 5.91 Å². The maximum absolute atomic E-state index is 14.3. The number of aliphatic imine (C=N–C) groups is 1. The highest BCUT2D eigenvalue weighted by atomic mass is 19.1. The maximum atomic E-state index is 14.3. The highest BCUT2D eigenvalue weighted by Gasteiger charge is 2.30. The van der Waals surface area contributed by atoms with Crippen molar-refractivity contribution in [2.75, 3.05) is 39.8 Å².